The van der Waals surface area contributed by atoms with Crippen molar-refractivity contribution >= 4 is 12.1 Å². The van der Waals surface area contributed by atoms with Crippen LogP contribution in [0.5, 0.6) is 0 Å². The predicted octanol–water partition coefficient (Wildman–Crippen LogP) is 0.732. The largest absolute Gasteiger partial charge is 0.468 e. The van der Waals surface area contributed by atoms with Crippen LogP contribution in [-0.2, 0) is 4.79 Å². The van der Waals surface area contributed by atoms with E-state index in [1.54, 1.807) is 18.5 Å². The van der Waals surface area contributed by atoms with Crippen molar-refractivity contribution in [3.05, 3.63) is 54.2 Å². The van der Waals surface area contributed by atoms with Crippen LogP contribution >= 0.6 is 0 Å². The van der Waals surface area contributed by atoms with Gasteiger partial charge in [0.25, 0.3) is 5.91 Å². The van der Waals surface area contributed by atoms with Gasteiger partial charge in [0.05, 0.1) is 24.2 Å². The molecule has 1 aliphatic heterocycles. The quantitative estimate of drug-likeness (QED) is 0.569. The average molecular weight is 285 g/mol. The van der Waals surface area contributed by atoms with E-state index in [-0.39, 0.29) is 18.0 Å². The number of hydrogen-bond donors (Lipinski definition) is 3. The van der Waals surface area contributed by atoms with Gasteiger partial charge in [0.15, 0.2) is 0 Å². The zero-order valence-electron chi connectivity index (χ0n) is 11.2. The molecule has 21 heavy (non-hydrogen) atoms. The summed E-state index contributed by atoms with van der Waals surface area (Å²) in [6, 6.07) is 8.79. The summed E-state index contributed by atoms with van der Waals surface area (Å²) >= 11 is 0. The number of carbonyl (C=O) groups is 1. The van der Waals surface area contributed by atoms with Crippen LogP contribution < -0.4 is 16.3 Å². The van der Waals surface area contributed by atoms with Crippen LogP contribution in [0, 0.1) is 0 Å². The molecule has 0 aliphatic carbocycles. The van der Waals surface area contributed by atoms with Crippen LogP contribution in [0.2, 0.25) is 0 Å². The van der Waals surface area contributed by atoms with Gasteiger partial charge >= 0.3 is 0 Å². The Hall–Kier alpha value is -2.51. The van der Waals surface area contributed by atoms with Crippen molar-refractivity contribution in [3.8, 4) is 0 Å². The van der Waals surface area contributed by atoms with Gasteiger partial charge in [0.2, 0.25) is 0 Å². The number of nitrogens with one attached hydrogen (secondary N) is 3. The highest BCUT2D eigenvalue weighted by Gasteiger charge is 2.31. The molecule has 1 aliphatic rings. The van der Waals surface area contributed by atoms with Crippen LogP contribution in [0.1, 0.15) is 23.9 Å². The molecule has 7 nitrogen and oxygen atoms in total. The summed E-state index contributed by atoms with van der Waals surface area (Å²) < 4.78 is 5.31. The summed E-state index contributed by atoms with van der Waals surface area (Å²) in [4.78, 5) is 16.1. The number of amides is 1. The average Bonchev–Trinajstić information content (AvgIpc) is 3.19. The number of nitrogens with zero attached hydrogens (tertiary/aromatic N) is 2. The first-order valence-corrected chi connectivity index (χ1v) is 6.61. The number of aromatic nitrogens is 1. The monoisotopic (exact) mass is 285 g/mol. The van der Waals surface area contributed by atoms with E-state index in [4.69, 9.17) is 4.42 Å². The van der Waals surface area contributed by atoms with Crippen molar-refractivity contribution in [1.29, 1.82) is 0 Å². The van der Waals surface area contributed by atoms with Crippen molar-refractivity contribution < 1.29 is 9.21 Å². The minimum atomic E-state index is -0.360. The van der Waals surface area contributed by atoms with Gasteiger partial charge in [-0.05, 0) is 30.7 Å². The smallest absolute Gasteiger partial charge is 0.258 e. The zero-order valence-corrected chi connectivity index (χ0v) is 11.2. The van der Waals surface area contributed by atoms with Gasteiger partial charge in [-0.15, -0.1) is 0 Å². The van der Waals surface area contributed by atoms with E-state index in [0.29, 0.717) is 12.1 Å². The molecule has 0 spiro atoms. The van der Waals surface area contributed by atoms with Gasteiger partial charge in [0, 0.05) is 6.20 Å². The molecule has 2 unspecified atom stereocenters. The fraction of sp³-hybridized carbons (Fsp3) is 0.214. The molecule has 3 heterocycles. The molecule has 3 N–H and O–H groups in total. The van der Waals surface area contributed by atoms with Gasteiger partial charge in [-0.3, -0.25) is 9.78 Å². The van der Waals surface area contributed by atoms with E-state index in [9.17, 15) is 4.79 Å². The highest BCUT2D eigenvalue weighted by atomic mass is 16.3. The molecule has 108 valence electrons. The van der Waals surface area contributed by atoms with Crippen molar-refractivity contribution in [2.24, 2.45) is 5.10 Å². The SMILES string of the molecule is O=C(N/N=C/c1ccccn1)C1CC(c2ccco2)NN1. The third-order valence-corrected chi connectivity index (χ3v) is 3.17. The van der Waals surface area contributed by atoms with E-state index in [0.717, 1.165) is 5.76 Å². The minimum absolute atomic E-state index is 0.0180. The molecule has 2 aromatic rings. The lowest BCUT2D eigenvalue weighted by Crippen LogP contribution is -2.41. The van der Waals surface area contributed by atoms with E-state index < -0.39 is 0 Å². The lowest BCUT2D eigenvalue weighted by Gasteiger charge is -2.06. The summed E-state index contributed by atoms with van der Waals surface area (Å²) in [5.41, 5.74) is 9.14. The second-order valence-electron chi connectivity index (χ2n) is 4.63. The topological polar surface area (TPSA) is 91.6 Å². The Morgan fingerprint density at radius 1 is 1.38 bits per heavy atom. The lowest BCUT2D eigenvalue weighted by molar-refractivity contribution is -0.122. The summed E-state index contributed by atoms with van der Waals surface area (Å²) in [7, 11) is 0. The molecule has 2 aromatic heterocycles. The Morgan fingerprint density at radius 3 is 3.10 bits per heavy atom. The zero-order chi connectivity index (χ0) is 14.5. The number of hydrazone groups is 1. The van der Waals surface area contributed by atoms with Crippen LogP contribution in [0.15, 0.2) is 52.3 Å². The number of carbonyl (C=O) groups excluding carboxylic acids is 1. The molecular weight excluding hydrogens is 270 g/mol. The number of pyridine rings is 1. The molecule has 1 saturated heterocycles. The van der Waals surface area contributed by atoms with E-state index in [1.807, 2.05) is 24.3 Å². The normalized spacial score (nSPS) is 21.7. The maximum Gasteiger partial charge on any atom is 0.258 e. The van der Waals surface area contributed by atoms with Crippen LogP contribution in [-0.4, -0.2) is 23.1 Å². The molecule has 1 amide bonds. The van der Waals surface area contributed by atoms with E-state index in [2.05, 4.69) is 26.4 Å². The van der Waals surface area contributed by atoms with Gasteiger partial charge in [0.1, 0.15) is 11.8 Å². The molecular formula is C14H15N5O2. The third-order valence-electron chi connectivity index (χ3n) is 3.17. The fourth-order valence-electron chi connectivity index (χ4n) is 2.10. The molecule has 0 saturated carbocycles. The number of hydrogen-bond acceptors (Lipinski definition) is 6. The van der Waals surface area contributed by atoms with E-state index >= 15 is 0 Å². The summed E-state index contributed by atoms with van der Waals surface area (Å²) in [5.74, 6) is 0.596. The highest BCUT2D eigenvalue weighted by Crippen LogP contribution is 2.22. The number of furan rings is 1. The summed E-state index contributed by atoms with van der Waals surface area (Å²) in [6.45, 7) is 0. The van der Waals surface area contributed by atoms with Crippen molar-refractivity contribution in [2.75, 3.05) is 0 Å². The first kappa shape index (κ1) is 13.5. The second-order valence-corrected chi connectivity index (χ2v) is 4.63. The first-order valence-electron chi connectivity index (χ1n) is 6.61. The summed E-state index contributed by atoms with van der Waals surface area (Å²) in [5, 5.41) is 3.90. The Balaban J connectivity index is 1.51. The Morgan fingerprint density at radius 2 is 2.33 bits per heavy atom. The molecule has 1 fully saturated rings. The van der Waals surface area contributed by atoms with Gasteiger partial charge in [-0.2, -0.15) is 5.10 Å². The number of rotatable bonds is 4. The van der Waals surface area contributed by atoms with Crippen molar-refractivity contribution in [1.82, 2.24) is 21.3 Å². The third kappa shape index (κ3) is 3.33. The van der Waals surface area contributed by atoms with Crippen molar-refractivity contribution in [2.45, 2.75) is 18.5 Å². The van der Waals surface area contributed by atoms with E-state index in [1.165, 1.54) is 6.21 Å². The van der Waals surface area contributed by atoms with Crippen LogP contribution in [0.4, 0.5) is 0 Å². The standard InChI is InChI=1S/C14H15N5O2/c20-14(19-16-9-10-4-1-2-6-15-10)12-8-11(17-18-12)13-5-3-7-21-13/h1-7,9,11-12,17-18H,8H2,(H,19,20)/b16-9+. The first-order chi connectivity index (χ1) is 10.3. The minimum Gasteiger partial charge on any atom is -0.468 e. The second kappa shape index (κ2) is 6.29. The Bertz CT molecular complexity index is 612. The molecule has 0 radical (unpaired) electrons. The maximum absolute atomic E-state index is 12.0. The molecule has 3 rings (SSSR count). The molecule has 2 atom stereocenters. The van der Waals surface area contributed by atoms with Gasteiger partial charge in [-0.25, -0.2) is 16.3 Å². The molecule has 7 heteroatoms. The Kier molecular flexibility index (Phi) is 4.04. The highest BCUT2D eigenvalue weighted by molar-refractivity contribution is 5.84. The van der Waals surface area contributed by atoms with Crippen LogP contribution in [0.25, 0.3) is 0 Å². The van der Waals surface area contributed by atoms with Crippen LogP contribution in [0.3, 0.4) is 0 Å². The maximum atomic E-state index is 12.0. The summed E-state index contributed by atoms with van der Waals surface area (Å²) in [6.07, 6.45) is 5.38. The number of hydrazine groups is 1. The predicted molar refractivity (Wildman–Crippen MR) is 76.1 cm³/mol. The lowest BCUT2D eigenvalue weighted by atomic mass is 10.1. The van der Waals surface area contributed by atoms with Gasteiger partial charge in [-0.1, -0.05) is 6.07 Å². The molecule has 0 aromatic carbocycles. The fourth-order valence-corrected chi connectivity index (χ4v) is 2.10. The Labute approximate surface area is 121 Å². The molecule has 0 bridgehead atoms. The van der Waals surface area contributed by atoms with Gasteiger partial charge < -0.3 is 4.42 Å². The van der Waals surface area contributed by atoms with Crippen molar-refractivity contribution in [3.63, 3.8) is 0 Å².